The van der Waals surface area contributed by atoms with E-state index in [0.717, 1.165) is 6.07 Å². The molecule has 0 aliphatic rings. The van der Waals surface area contributed by atoms with Gasteiger partial charge in [0.15, 0.2) is 0 Å². The second-order valence-corrected chi connectivity index (χ2v) is 4.42. The maximum Gasteiger partial charge on any atom is 0.343 e. The third-order valence-corrected chi connectivity index (χ3v) is 3.07. The third-order valence-electron chi connectivity index (χ3n) is 2.77. The second kappa shape index (κ2) is 5.92. The Morgan fingerprint density at radius 3 is 2.86 bits per heavy atom. The van der Waals surface area contributed by atoms with E-state index in [-0.39, 0.29) is 39.8 Å². The molecule has 0 saturated carbocycles. The molecular formula is C13H10ClFN2O4. The summed E-state index contributed by atoms with van der Waals surface area (Å²) in [7, 11) is 0. The smallest absolute Gasteiger partial charge is 0.343 e. The lowest BCUT2D eigenvalue weighted by Crippen LogP contribution is -2.18. The van der Waals surface area contributed by atoms with Crippen molar-refractivity contribution in [2.75, 3.05) is 11.7 Å². The molecule has 0 aliphatic heterocycles. The molecule has 2 rings (SSSR count). The lowest BCUT2D eigenvalue weighted by molar-refractivity contribution is -0.109. The number of H-pyrrole nitrogens is 1. The number of halogens is 2. The molecule has 0 aliphatic carbocycles. The van der Waals surface area contributed by atoms with Gasteiger partial charge in [-0.2, -0.15) is 0 Å². The van der Waals surface area contributed by atoms with Gasteiger partial charge in [-0.25, -0.2) is 4.79 Å². The van der Waals surface area contributed by atoms with Crippen molar-refractivity contribution >= 4 is 40.6 Å². The maximum atomic E-state index is 13.3. The summed E-state index contributed by atoms with van der Waals surface area (Å²) in [5.74, 6) is -0.787. The van der Waals surface area contributed by atoms with Crippen LogP contribution in [0.15, 0.2) is 23.1 Å². The first-order chi connectivity index (χ1) is 9.99. The molecule has 0 bridgehead atoms. The van der Waals surface area contributed by atoms with Gasteiger partial charge in [0.05, 0.1) is 22.8 Å². The molecule has 0 atom stereocenters. The predicted octanol–water partition coefficient (Wildman–Crippen LogP) is 2.21. The zero-order valence-corrected chi connectivity index (χ0v) is 11.6. The number of carbonyl (C=O) groups excluding carboxylic acids is 2. The quantitative estimate of drug-likeness (QED) is 0.533. The molecular weight excluding hydrogens is 303 g/mol. The highest BCUT2D eigenvalue weighted by molar-refractivity contribution is 6.34. The standard InChI is InChI=1S/C13H10ClFN2O4/c1-2-21-13(20)8-5-16-10-4-9(14)11(17(15)6-18)3-7(10)12(8)19/h3-6H,2H2,1H3,(H,16,19). The monoisotopic (exact) mass is 312 g/mol. The summed E-state index contributed by atoms with van der Waals surface area (Å²) in [6, 6.07) is 2.38. The van der Waals surface area contributed by atoms with Crippen LogP contribution in [0.2, 0.25) is 5.02 Å². The highest BCUT2D eigenvalue weighted by atomic mass is 35.5. The van der Waals surface area contributed by atoms with Crippen molar-refractivity contribution < 1.29 is 18.8 Å². The number of nitrogens with zero attached hydrogens (tertiary/aromatic N) is 1. The lowest BCUT2D eigenvalue weighted by atomic mass is 10.1. The average Bonchev–Trinajstić information content (AvgIpc) is 2.46. The van der Waals surface area contributed by atoms with Crippen LogP contribution in [0.5, 0.6) is 0 Å². The van der Waals surface area contributed by atoms with Gasteiger partial charge >= 0.3 is 5.97 Å². The predicted molar refractivity (Wildman–Crippen MR) is 75.2 cm³/mol. The third kappa shape index (κ3) is 2.73. The molecule has 1 N–H and O–H groups in total. The van der Waals surface area contributed by atoms with Crippen molar-refractivity contribution in [1.29, 1.82) is 0 Å². The van der Waals surface area contributed by atoms with Crippen LogP contribution in [0.1, 0.15) is 17.3 Å². The van der Waals surface area contributed by atoms with Gasteiger partial charge in [0.1, 0.15) is 5.56 Å². The van der Waals surface area contributed by atoms with Gasteiger partial charge in [-0.3, -0.25) is 9.59 Å². The number of hydrogen-bond donors (Lipinski definition) is 1. The summed E-state index contributed by atoms with van der Waals surface area (Å²) >= 11 is 5.83. The number of rotatable bonds is 4. The molecule has 0 radical (unpaired) electrons. The number of amides is 1. The molecule has 0 spiro atoms. The fraction of sp³-hybridized carbons (Fsp3) is 0.154. The summed E-state index contributed by atoms with van der Waals surface area (Å²) in [5, 5.41) is -0.292. The Labute approximate surface area is 123 Å². The number of aromatic amines is 1. The van der Waals surface area contributed by atoms with E-state index in [1.54, 1.807) is 6.92 Å². The van der Waals surface area contributed by atoms with Crippen molar-refractivity contribution in [1.82, 2.24) is 4.98 Å². The summed E-state index contributed by atoms with van der Waals surface area (Å²) in [6.07, 6.45) is 1.11. The highest BCUT2D eigenvalue weighted by Crippen LogP contribution is 2.29. The van der Waals surface area contributed by atoms with Crippen molar-refractivity contribution in [2.24, 2.45) is 0 Å². The van der Waals surface area contributed by atoms with Gasteiger partial charge < -0.3 is 9.72 Å². The summed E-state index contributed by atoms with van der Waals surface area (Å²) in [6.45, 7) is 1.72. The van der Waals surface area contributed by atoms with E-state index >= 15 is 0 Å². The first kappa shape index (κ1) is 15.0. The second-order valence-electron chi connectivity index (χ2n) is 4.02. The number of carbonyl (C=O) groups is 2. The lowest BCUT2D eigenvalue weighted by Gasteiger charge is -2.10. The Kier molecular flexibility index (Phi) is 4.23. The molecule has 0 unspecified atom stereocenters. The molecule has 0 fully saturated rings. The number of nitrogens with one attached hydrogen (secondary N) is 1. The topological polar surface area (TPSA) is 79.5 Å². The van der Waals surface area contributed by atoms with Crippen LogP contribution in [0.4, 0.5) is 10.2 Å². The Hall–Kier alpha value is -2.41. The van der Waals surface area contributed by atoms with Crippen LogP contribution >= 0.6 is 11.6 Å². The van der Waals surface area contributed by atoms with Gasteiger partial charge in [-0.15, -0.1) is 5.12 Å². The van der Waals surface area contributed by atoms with E-state index in [1.807, 2.05) is 0 Å². The molecule has 110 valence electrons. The molecule has 1 aromatic heterocycles. The zero-order valence-electron chi connectivity index (χ0n) is 10.9. The summed E-state index contributed by atoms with van der Waals surface area (Å²) in [5.41, 5.74) is -0.833. The number of benzene rings is 1. The number of esters is 1. The Balaban J connectivity index is 2.68. The number of fused-ring (bicyclic) bond motifs is 1. The van der Waals surface area contributed by atoms with Crippen LogP contribution in [0, 0.1) is 0 Å². The van der Waals surface area contributed by atoms with E-state index in [0.29, 0.717) is 5.52 Å². The fourth-order valence-electron chi connectivity index (χ4n) is 1.81. The van der Waals surface area contributed by atoms with Gasteiger partial charge in [0.2, 0.25) is 11.8 Å². The van der Waals surface area contributed by atoms with Gasteiger partial charge in [-0.05, 0) is 19.1 Å². The number of aromatic nitrogens is 1. The first-order valence-corrected chi connectivity index (χ1v) is 6.29. The summed E-state index contributed by atoms with van der Waals surface area (Å²) < 4.78 is 18.1. The van der Waals surface area contributed by atoms with Crippen molar-refractivity contribution in [3.05, 3.63) is 39.1 Å². The maximum absolute atomic E-state index is 13.3. The zero-order chi connectivity index (χ0) is 15.6. The van der Waals surface area contributed by atoms with Crippen LogP contribution in [-0.4, -0.2) is 24.0 Å². The highest BCUT2D eigenvalue weighted by Gasteiger charge is 2.17. The SMILES string of the molecule is CCOC(=O)c1c[nH]c2cc(Cl)c(N(F)C=O)cc2c1=O. The molecule has 1 amide bonds. The normalized spacial score (nSPS) is 10.4. The van der Waals surface area contributed by atoms with Crippen LogP contribution in [0.3, 0.4) is 0 Å². The number of hydrogen-bond acceptors (Lipinski definition) is 4. The van der Waals surface area contributed by atoms with Crippen molar-refractivity contribution in [2.45, 2.75) is 6.92 Å². The van der Waals surface area contributed by atoms with Crippen molar-refractivity contribution in [3.63, 3.8) is 0 Å². The van der Waals surface area contributed by atoms with E-state index in [4.69, 9.17) is 16.3 Å². The average molecular weight is 313 g/mol. The van der Waals surface area contributed by atoms with Crippen LogP contribution < -0.4 is 10.6 Å². The Bertz CT molecular complexity index is 775. The molecule has 1 aromatic carbocycles. The molecule has 21 heavy (non-hydrogen) atoms. The minimum absolute atomic E-state index is 0.0180. The van der Waals surface area contributed by atoms with E-state index < -0.39 is 11.4 Å². The largest absolute Gasteiger partial charge is 0.462 e. The van der Waals surface area contributed by atoms with Gasteiger partial charge in [0.25, 0.3) is 0 Å². The Morgan fingerprint density at radius 2 is 2.24 bits per heavy atom. The minimum atomic E-state index is -0.787. The van der Waals surface area contributed by atoms with Crippen LogP contribution in [-0.2, 0) is 9.53 Å². The molecule has 0 saturated heterocycles. The van der Waals surface area contributed by atoms with Gasteiger partial charge in [0, 0.05) is 11.6 Å². The van der Waals surface area contributed by atoms with E-state index in [2.05, 4.69) is 4.98 Å². The fourth-order valence-corrected chi connectivity index (χ4v) is 2.06. The Morgan fingerprint density at radius 1 is 1.52 bits per heavy atom. The van der Waals surface area contributed by atoms with Crippen LogP contribution in [0.25, 0.3) is 10.9 Å². The van der Waals surface area contributed by atoms with E-state index in [1.165, 1.54) is 12.3 Å². The number of ether oxygens (including phenoxy) is 1. The summed E-state index contributed by atoms with van der Waals surface area (Å²) in [4.78, 5) is 37.0. The molecule has 6 nitrogen and oxygen atoms in total. The van der Waals surface area contributed by atoms with Gasteiger partial charge in [-0.1, -0.05) is 16.1 Å². The first-order valence-electron chi connectivity index (χ1n) is 5.92. The minimum Gasteiger partial charge on any atom is -0.462 e. The number of anilines is 1. The molecule has 8 heteroatoms. The van der Waals surface area contributed by atoms with E-state index in [9.17, 15) is 18.9 Å². The molecule has 2 aromatic rings. The molecule has 1 heterocycles. The van der Waals surface area contributed by atoms with Crippen molar-refractivity contribution in [3.8, 4) is 0 Å². The number of pyridine rings is 1.